The number of likely N-dealkylation sites (N-methyl/N-ethyl adjacent to an activating group) is 1. The first-order valence-electron chi connectivity index (χ1n) is 17.4. The maximum absolute atomic E-state index is 6.16. The van der Waals surface area contributed by atoms with Gasteiger partial charge in [-0.3, -0.25) is 4.90 Å². The van der Waals surface area contributed by atoms with E-state index in [-0.39, 0.29) is 6.04 Å². The van der Waals surface area contributed by atoms with Crippen LogP contribution in [0.15, 0.2) is 108 Å². The number of ether oxygens (including phenoxy) is 1. The third kappa shape index (κ3) is 5.05. The molecule has 5 aromatic carbocycles. The molecule has 1 atom stereocenters. The number of aryl methyl sites for hydroxylation is 2. The van der Waals surface area contributed by atoms with Gasteiger partial charge in [-0.1, -0.05) is 93.7 Å². The molecule has 0 saturated heterocycles. The van der Waals surface area contributed by atoms with E-state index in [9.17, 15) is 0 Å². The van der Waals surface area contributed by atoms with Gasteiger partial charge in [0.2, 0.25) is 0 Å². The van der Waals surface area contributed by atoms with Gasteiger partial charge in [-0.05, 0) is 128 Å². The minimum atomic E-state index is -2.03. The number of benzene rings is 5. The van der Waals surface area contributed by atoms with Crippen LogP contribution in [0, 0.1) is 0 Å². The van der Waals surface area contributed by atoms with Gasteiger partial charge in [-0.2, -0.15) is 0 Å². The number of fused-ring (bicyclic) bond motifs is 4. The molecule has 48 heavy (non-hydrogen) atoms. The molecule has 1 unspecified atom stereocenters. The zero-order valence-electron chi connectivity index (χ0n) is 30.0. The van der Waals surface area contributed by atoms with Crippen LogP contribution < -0.4 is 14.8 Å². The first-order chi connectivity index (χ1) is 23.1. The molecule has 4 heteroatoms. The molecule has 0 aromatic heterocycles. The second-order valence-electron chi connectivity index (χ2n) is 14.3. The lowest BCUT2D eigenvalue weighted by atomic mass is 9.86. The Morgan fingerprint density at radius 3 is 2.00 bits per heavy atom. The molecule has 7 rings (SSSR count). The first-order valence-corrected chi connectivity index (χ1v) is 20.4. The molecule has 0 N–H and O–H groups in total. The maximum Gasteiger partial charge on any atom is 0.126 e. The van der Waals surface area contributed by atoms with E-state index in [1.54, 1.807) is 7.11 Å². The van der Waals surface area contributed by atoms with E-state index in [4.69, 9.17) is 4.74 Å². The predicted octanol–water partition coefficient (Wildman–Crippen LogP) is 9.56. The lowest BCUT2D eigenvalue weighted by molar-refractivity contribution is 0.390. The average Bonchev–Trinajstić information content (AvgIpc) is 3.10. The van der Waals surface area contributed by atoms with Crippen molar-refractivity contribution >= 4 is 46.1 Å². The van der Waals surface area contributed by atoms with E-state index in [2.05, 4.69) is 162 Å². The SMILES string of the molecule is CCc1c2ccccc2c(CC)c2cc(-c3ccc(OC)c(C4=C5C=CC(N(C)C)C=C5[Si](C)(C)c5cc(N(C)C)ccc54)c3)ccc12. The average molecular weight is 649 g/mol. The monoisotopic (exact) mass is 648 g/mol. The van der Waals surface area contributed by atoms with E-state index in [0.29, 0.717) is 0 Å². The highest BCUT2D eigenvalue weighted by Crippen LogP contribution is 2.46. The number of methoxy groups -OCH3 is 1. The van der Waals surface area contributed by atoms with Crippen molar-refractivity contribution in [2.45, 2.75) is 45.8 Å². The molecule has 1 aliphatic carbocycles. The Bertz CT molecular complexity index is 2180. The van der Waals surface area contributed by atoms with Crippen LogP contribution in [0.1, 0.15) is 36.1 Å². The Balaban J connectivity index is 1.49. The molecular weight excluding hydrogens is 601 g/mol. The minimum absolute atomic E-state index is 0.276. The number of hydrogen-bond acceptors (Lipinski definition) is 3. The van der Waals surface area contributed by atoms with Crippen LogP contribution in [0.4, 0.5) is 5.69 Å². The first kappa shape index (κ1) is 32.2. The van der Waals surface area contributed by atoms with E-state index in [1.165, 1.54) is 76.6 Å². The summed E-state index contributed by atoms with van der Waals surface area (Å²) >= 11 is 0. The van der Waals surface area contributed by atoms with Crippen molar-refractivity contribution in [1.82, 2.24) is 4.90 Å². The molecular formula is C44H48N2OSi. The summed E-state index contributed by atoms with van der Waals surface area (Å²) in [5, 5.41) is 8.50. The molecule has 0 bridgehead atoms. The van der Waals surface area contributed by atoms with Crippen LogP contribution in [-0.4, -0.2) is 54.3 Å². The number of anilines is 1. The summed E-state index contributed by atoms with van der Waals surface area (Å²) in [6.45, 7) is 9.60. The molecule has 244 valence electrons. The summed E-state index contributed by atoms with van der Waals surface area (Å²) in [7, 11) is 8.38. The maximum atomic E-state index is 6.16. The van der Waals surface area contributed by atoms with Crippen LogP contribution in [0.3, 0.4) is 0 Å². The van der Waals surface area contributed by atoms with Crippen LogP contribution in [-0.2, 0) is 12.8 Å². The third-order valence-corrected chi connectivity index (χ3v) is 14.4. The zero-order valence-corrected chi connectivity index (χ0v) is 31.0. The Kier molecular flexibility index (Phi) is 8.21. The van der Waals surface area contributed by atoms with Crippen molar-refractivity contribution in [2.75, 3.05) is 40.2 Å². The summed E-state index contributed by atoms with van der Waals surface area (Å²) in [4.78, 5) is 4.52. The van der Waals surface area contributed by atoms with Gasteiger partial charge in [-0.15, -0.1) is 0 Å². The molecule has 1 aliphatic heterocycles. The number of rotatable bonds is 7. The van der Waals surface area contributed by atoms with Gasteiger partial charge in [0.15, 0.2) is 0 Å². The number of nitrogens with zero attached hydrogens (tertiary/aromatic N) is 2. The van der Waals surface area contributed by atoms with Gasteiger partial charge in [0.1, 0.15) is 13.8 Å². The largest absolute Gasteiger partial charge is 0.496 e. The highest BCUT2D eigenvalue weighted by molar-refractivity contribution is 6.97. The Hall–Kier alpha value is -4.38. The summed E-state index contributed by atoms with van der Waals surface area (Å²) in [5.74, 6) is 0.905. The van der Waals surface area contributed by atoms with Crippen LogP contribution in [0.2, 0.25) is 13.1 Å². The molecule has 1 heterocycles. The second kappa shape index (κ2) is 12.3. The van der Waals surface area contributed by atoms with E-state index in [1.807, 2.05) is 0 Å². The Labute approximate surface area is 287 Å². The van der Waals surface area contributed by atoms with Crippen LogP contribution >= 0.6 is 0 Å². The van der Waals surface area contributed by atoms with Gasteiger partial charge in [0.05, 0.1) is 7.11 Å². The quantitative estimate of drug-likeness (QED) is 0.129. The number of allylic oxidation sites excluding steroid dienone is 3. The molecule has 5 aromatic rings. The van der Waals surface area contributed by atoms with Crippen LogP contribution in [0.5, 0.6) is 5.75 Å². The van der Waals surface area contributed by atoms with Crippen molar-refractivity contribution in [3.63, 3.8) is 0 Å². The van der Waals surface area contributed by atoms with Gasteiger partial charge >= 0.3 is 0 Å². The van der Waals surface area contributed by atoms with Gasteiger partial charge in [0.25, 0.3) is 0 Å². The molecule has 0 saturated carbocycles. The number of hydrogen-bond donors (Lipinski definition) is 0. The smallest absolute Gasteiger partial charge is 0.126 e. The van der Waals surface area contributed by atoms with E-state index >= 15 is 0 Å². The van der Waals surface area contributed by atoms with Gasteiger partial charge in [-0.25, -0.2) is 0 Å². The fraction of sp³-hybridized carbons (Fsp3) is 0.273. The molecule has 2 aliphatic rings. The van der Waals surface area contributed by atoms with Crippen LogP contribution in [0.25, 0.3) is 38.2 Å². The summed E-state index contributed by atoms with van der Waals surface area (Å²) < 4.78 is 6.16. The fourth-order valence-corrected chi connectivity index (χ4v) is 11.3. The zero-order chi connectivity index (χ0) is 33.9. The van der Waals surface area contributed by atoms with E-state index in [0.717, 1.165) is 24.2 Å². The topological polar surface area (TPSA) is 15.7 Å². The molecule has 0 amide bonds. The summed E-state index contributed by atoms with van der Waals surface area (Å²) in [6, 6.07) is 30.2. The summed E-state index contributed by atoms with van der Waals surface area (Å²) in [6.07, 6.45) is 9.27. The molecule has 0 fully saturated rings. The normalized spacial score (nSPS) is 16.7. The van der Waals surface area contributed by atoms with Crippen molar-refractivity contribution in [3.05, 3.63) is 130 Å². The predicted molar refractivity (Wildman–Crippen MR) is 211 cm³/mol. The standard InChI is InChI=1S/C44H48N2OSi/c1-10-32-34-14-12-13-15-35(34)33(11-2)39-24-28(16-20-36(32)39)29-17-23-41(47-7)40(25-29)44-37-21-18-30(45(3)4)26-42(37)48(8,9)43-27-31(46(5)6)19-22-38(43)44/h12-27,30H,10-11H2,1-9H3. The highest BCUT2D eigenvalue weighted by Gasteiger charge is 2.40. The highest BCUT2D eigenvalue weighted by atomic mass is 28.3. The van der Waals surface area contributed by atoms with Crippen molar-refractivity contribution in [3.8, 4) is 16.9 Å². The Morgan fingerprint density at radius 1 is 0.708 bits per heavy atom. The minimum Gasteiger partial charge on any atom is -0.496 e. The van der Waals surface area contributed by atoms with Gasteiger partial charge < -0.3 is 9.64 Å². The fourth-order valence-electron chi connectivity index (χ4n) is 8.19. The van der Waals surface area contributed by atoms with Gasteiger partial charge in [0, 0.05) is 31.4 Å². The second-order valence-corrected chi connectivity index (χ2v) is 18.6. The molecule has 0 spiro atoms. The third-order valence-electron chi connectivity index (χ3n) is 10.8. The van der Waals surface area contributed by atoms with E-state index < -0.39 is 8.07 Å². The summed E-state index contributed by atoms with van der Waals surface area (Å²) in [5.41, 5.74) is 11.7. The van der Waals surface area contributed by atoms with Crippen molar-refractivity contribution < 1.29 is 4.74 Å². The molecule has 0 radical (unpaired) electrons. The lowest BCUT2D eigenvalue weighted by Crippen LogP contribution is -2.50. The Morgan fingerprint density at radius 2 is 1.35 bits per heavy atom. The van der Waals surface area contributed by atoms with Crippen molar-refractivity contribution in [1.29, 1.82) is 0 Å². The van der Waals surface area contributed by atoms with Crippen molar-refractivity contribution in [2.24, 2.45) is 0 Å². The molecule has 3 nitrogen and oxygen atoms in total. The lowest BCUT2D eigenvalue weighted by Gasteiger charge is -2.40.